The average molecular weight is 401 g/mol. The van der Waals surface area contributed by atoms with Crippen LogP contribution in [0.15, 0.2) is 71.6 Å². The largest absolute Gasteiger partial charge is 0.265 e. The van der Waals surface area contributed by atoms with Crippen molar-refractivity contribution in [2.45, 2.75) is 31.7 Å². The Bertz CT molecular complexity index is 1110. The number of hydrogen-bond donors (Lipinski definition) is 0. The lowest BCUT2D eigenvalue weighted by Gasteiger charge is -2.31. The first-order chi connectivity index (χ1) is 13.2. The molecule has 3 aromatic rings. The maximum Gasteiger partial charge on any atom is 0.265 e. The highest BCUT2D eigenvalue weighted by Gasteiger charge is 2.32. The molecule has 0 aliphatic heterocycles. The lowest BCUT2D eigenvalue weighted by molar-refractivity contribution is 0.568. The van der Waals surface area contributed by atoms with Crippen molar-refractivity contribution in [3.8, 4) is 0 Å². The van der Waals surface area contributed by atoms with Crippen LogP contribution in [0.5, 0.6) is 0 Å². The summed E-state index contributed by atoms with van der Waals surface area (Å²) in [7, 11) is -4.08. The predicted molar refractivity (Wildman–Crippen MR) is 107 cm³/mol. The number of rotatable bonds is 5. The molecular weight excluding hydrogens is 380 g/mol. The number of aryl methyl sites for hydroxylation is 2. The lowest BCUT2D eigenvalue weighted by Crippen LogP contribution is -2.34. The van der Waals surface area contributed by atoms with Gasteiger partial charge in [-0.2, -0.15) is 0 Å². The van der Waals surface area contributed by atoms with Crippen LogP contribution in [0, 0.1) is 25.5 Å². The minimum absolute atomic E-state index is 0.0152. The number of sulfonamides is 1. The van der Waals surface area contributed by atoms with E-state index in [1.54, 1.807) is 43.3 Å². The molecule has 1 atom stereocenters. The summed E-state index contributed by atoms with van der Waals surface area (Å²) in [5.41, 5.74) is 1.83. The molecule has 0 aliphatic rings. The van der Waals surface area contributed by atoms with Gasteiger partial charge in [-0.05, 0) is 68.3 Å². The minimum atomic E-state index is -4.08. The highest BCUT2D eigenvalue weighted by molar-refractivity contribution is 7.92. The SMILES string of the molecule is Cc1cccc(N([C@@H](C)c2ccccc2F)S(=O)(=O)c2ccc(F)cc2C)c1. The molecule has 146 valence electrons. The predicted octanol–water partition coefficient (Wildman–Crippen LogP) is 5.54. The lowest BCUT2D eigenvalue weighted by atomic mass is 10.1. The molecule has 0 aliphatic carbocycles. The summed E-state index contributed by atoms with van der Waals surface area (Å²) < 4.78 is 56.3. The number of benzene rings is 3. The van der Waals surface area contributed by atoms with Crippen LogP contribution in [0.1, 0.15) is 29.7 Å². The molecule has 0 fully saturated rings. The molecule has 0 saturated carbocycles. The molecule has 0 saturated heterocycles. The highest BCUT2D eigenvalue weighted by Crippen LogP contribution is 2.35. The van der Waals surface area contributed by atoms with Gasteiger partial charge in [0.15, 0.2) is 0 Å². The van der Waals surface area contributed by atoms with Gasteiger partial charge >= 0.3 is 0 Å². The van der Waals surface area contributed by atoms with Crippen LogP contribution in [0.25, 0.3) is 0 Å². The zero-order valence-corrected chi connectivity index (χ0v) is 16.7. The summed E-state index contributed by atoms with van der Waals surface area (Å²) in [6.45, 7) is 5.03. The van der Waals surface area contributed by atoms with Gasteiger partial charge in [-0.25, -0.2) is 17.2 Å². The van der Waals surface area contributed by atoms with Crippen LogP contribution in [0.2, 0.25) is 0 Å². The Kier molecular flexibility index (Phi) is 5.52. The molecule has 0 N–H and O–H groups in total. The van der Waals surface area contributed by atoms with Crippen LogP contribution in [0.4, 0.5) is 14.5 Å². The molecule has 3 aromatic carbocycles. The third kappa shape index (κ3) is 3.78. The summed E-state index contributed by atoms with van der Waals surface area (Å²) >= 11 is 0. The first kappa shape index (κ1) is 20.0. The third-order valence-corrected chi connectivity index (χ3v) is 6.70. The van der Waals surface area contributed by atoms with Gasteiger partial charge in [0.05, 0.1) is 16.6 Å². The fourth-order valence-corrected chi connectivity index (χ4v) is 5.12. The minimum Gasteiger partial charge on any atom is -0.259 e. The Labute approximate surface area is 164 Å². The van der Waals surface area contributed by atoms with E-state index in [4.69, 9.17) is 0 Å². The van der Waals surface area contributed by atoms with Gasteiger partial charge in [0.1, 0.15) is 11.6 Å². The molecule has 0 unspecified atom stereocenters. The zero-order chi connectivity index (χ0) is 20.5. The van der Waals surface area contributed by atoms with Crippen molar-refractivity contribution in [3.05, 3.63) is 95.1 Å². The van der Waals surface area contributed by atoms with E-state index in [1.807, 2.05) is 13.0 Å². The van der Waals surface area contributed by atoms with Crippen LogP contribution < -0.4 is 4.31 Å². The molecule has 0 heterocycles. The smallest absolute Gasteiger partial charge is 0.259 e. The quantitative estimate of drug-likeness (QED) is 0.563. The fraction of sp³-hybridized carbons (Fsp3) is 0.182. The molecule has 28 heavy (non-hydrogen) atoms. The maximum atomic E-state index is 14.4. The highest BCUT2D eigenvalue weighted by atomic mass is 32.2. The van der Waals surface area contributed by atoms with Crippen molar-refractivity contribution in [1.82, 2.24) is 0 Å². The van der Waals surface area contributed by atoms with Crippen LogP contribution >= 0.6 is 0 Å². The van der Waals surface area contributed by atoms with Gasteiger partial charge in [-0.15, -0.1) is 0 Å². The van der Waals surface area contributed by atoms with Crippen molar-refractivity contribution >= 4 is 15.7 Å². The molecule has 0 aromatic heterocycles. The van der Waals surface area contributed by atoms with E-state index in [1.165, 1.54) is 29.4 Å². The number of anilines is 1. The molecule has 3 rings (SSSR count). The van der Waals surface area contributed by atoms with Crippen LogP contribution in [0.3, 0.4) is 0 Å². The van der Waals surface area contributed by atoms with E-state index in [0.717, 1.165) is 11.6 Å². The standard InChI is InChI=1S/C22H21F2NO2S/c1-15-7-6-8-19(13-15)25(17(3)20-9-4-5-10-21(20)24)28(26,27)22-12-11-18(23)14-16(22)2/h4-14,17H,1-3H3/t17-/m0/s1. The van der Waals surface area contributed by atoms with Crippen molar-refractivity contribution in [1.29, 1.82) is 0 Å². The number of hydrogen-bond acceptors (Lipinski definition) is 2. The average Bonchev–Trinajstić information content (AvgIpc) is 2.61. The number of halogens is 2. The molecule has 0 bridgehead atoms. The van der Waals surface area contributed by atoms with Crippen molar-refractivity contribution in [2.24, 2.45) is 0 Å². The monoisotopic (exact) mass is 401 g/mol. The molecular formula is C22H21F2NO2S. The van der Waals surface area contributed by atoms with Crippen molar-refractivity contribution in [2.75, 3.05) is 4.31 Å². The van der Waals surface area contributed by atoms with E-state index in [2.05, 4.69) is 0 Å². The van der Waals surface area contributed by atoms with E-state index in [-0.39, 0.29) is 10.5 Å². The first-order valence-corrected chi connectivity index (χ1v) is 10.3. The molecule has 0 amide bonds. The molecule has 0 spiro atoms. The van der Waals surface area contributed by atoms with Gasteiger partial charge in [0, 0.05) is 5.56 Å². The number of nitrogens with zero attached hydrogens (tertiary/aromatic N) is 1. The van der Waals surface area contributed by atoms with Gasteiger partial charge in [0.25, 0.3) is 10.0 Å². The molecule has 3 nitrogen and oxygen atoms in total. The Morgan fingerprint density at radius 2 is 1.61 bits per heavy atom. The maximum absolute atomic E-state index is 14.4. The topological polar surface area (TPSA) is 37.4 Å². The second-order valence-electron chi connectivity index (χ2n) is 6.75. The van der Waals surface area contributed by atoms with Gasteiger partial charge < -0.3 is 0 Å². The van der Waals surface area contributed by atoms with Gasteiger partial charge in [-0.1, -0.05) is 30.3 Å². The summed E-state index contributed by atoms with van der Waals surface area (Å²) in [6.07, 6.45) is 0. The van der Waals surface area contributed by atoms with Crippen LogP contribution in [-0.2, 0) is 10.0 Å². The van der Waals surface area contributed by atoms with Gasteiger partial charge in [-0.3, -0.25) is 4.31 Å². The van der Waals surface area contributed by atoms with Crippen molar-refractivity contribution in [3.63, 3.8) is 0 Å². The summed E-state index contributed by atoms with van der Waals surface area (Å²) in [5.74, 6) is -1.00. The third-order valence-electron chi connectivity index (χ3n) is 4.64. The Balaban J connectivity index is 2.23. The summed E-state index contributed by atoms with van der Waals surface area (Å²) in [4.78, 5) is -0.0152. The van der Waals surface area contributed by atoms with E-state index < -0.39 is 27.7 Å². The molecule has 6 heteroatoms. The molecule has 0 radical (unpaired) electrons. The normalized spacial score (nSPS) is 12.6. The Hall–Kier alpha value is -2.73. The van der Waals surface area contributed by atoms with E-state index in [0.29, 0.717) is 11.3 Å². The fourth-order valence-electron chi connectivity index (χ4n) is 3.28. The summed E-state index contributed by atoms with van der Waals surface area (Å²) in [6, 6.07) is 15.8. The van der Waals surface area contributed by atoms with Crippen LogP contribution in [-0.4, -0.2) is 8.42 Å². The van der Waals surface area contributed by atoms with Gasteiger partial charge in [0.2, 0.25) is 0 Å². The Morgan fingerprint density at radius 1 is 0.893 bits per heavy atom. The van der Waals surface area contributed by atoms with E-state index >= 15 is 0 Å². The van der Waals surface area contributed by atoms with E-state index in [9.17, 15) is 17.2 Å². The second kappa shape index (κ2) is 7.72. The van der Waals surface area contributed by atoms with Crippen molar-refractivity contribution < 1.29 is 17.2 Å². The zero-order valence-electron chi connectivity index (χ0n) is 15.9. The Morgan fingerprint density at radius 3 is 2.25 bits per heavy atom. The second-order valence-corrected chi connectivity index (χ2v) is 8.53. The summed E-state index contributed by atoms with van der Waals surface area (Å²) in [5, 5.41) is 0. The first-order valence-electron chi connectivity index (χ1n) is 8.83.